The lowest BCUT2D eigenvalue weighted by molar-refractivity contribution is -0.212. The Balaban J connectivity index is 1.17. The molecule has 7 heteroatoms. The maximum Gasteiger partial charge on any atom is 0.178 e. The first-order chi connectivity index (χ1) is 21.0. The molecular weight excluding hydrogens is 560 g/mol. The Labute approximate surface area is 257 Å². The minimum atomic E-state index is -2.17. The van der Waals surface area contributed by atoms with Crippen molar-refractivity contribution >= 4 is 11.6 Å². The molecule has 0 spiro atoms. The van der Waals surface area contributed by atoms with E-state index in [1.165, 1.54) is 29.4 Å². The number of allylic oxidation sites excluding steroid dienone is 4. The fourth-order valence-corrected chi connectivity index (χ4v) is 10.5. The van der Waals surface area contributed by atoms with Crippen LogP contribution in [-0.4, -0.2) is 64.3 Å². The van der Waals surface area contributed by atoms with Gasteiger partial charge in [0.2, 0.25) is 0 Å². The lowest BCUT2D eigenvalue weighted by atomic mass is 9.43. The first-order valence-electron chi connectivity index (χ1n) is 15.9. The lowest BCUT2D eigenvalue weighted by Gasteiger charge is -2.63. The number of aliphatic hydroxyl groups is 2. The molecule has 0 radical (unpaired) electrons. The van der Waals surface area contributed by atoms with E-state index >= 15 is 8.78 Å². The minimum absolute atomic E-state index is 0.0382. The topological polar surface area (TPSA) is 77.8 Å². The molecule has 232 valence electrons. The molecule has 4 aliphatic carbocycles. The Morgan fingerprint density at radius 1 is 1.00 bits per heavy atom. The molecule has 5 aliphatic rings. The van der Waals surface area contributed by atoms with E-state index in [9.17, 15) is 19.8 Å². The molecule has 2 aromatic rings. The third-order valence-electron chi connectivity index (χ3n) is 12.5. The molecule has 0 bridgehead atoms. The Morgan fingerprint density at radius 3 is 2.39 bits per heavy atom. The summed E-state index contributed by atoms with van der Waals surface area (Å²) in [7, 11) is 0. The van der Waals surface area contributed by atoms with E-state index in [0.29, 0.717) is 26.1 Å². The predicted octanol–water partition coefficient (Wildman–Crippen LogP) is 5.19. The van der Waals surface area contributed by atoms with E-state index in [-0.39, 0.29) is 41.8 Å². The fourth-order valence-electron chi connectivity index (χ4n) is 10.5. The highest BCUT2D eigenvalue weighted by Gasteiger charge is 2.78. The Bertz CT molecular complexity index is 1540. The van der Waals surface area contributed by atoms with Crippen LogP contribution in [0.25, 0.3) is 0 Å². The molecule has 3 saturated carbocycles. The molecule has 1 heterocycles. The highest BCUT2D eigenvalue weighted by atomic mass is 19.1. The summed E-state index contributed by atoms with van der Waals surface area (Å²) in [6.45, 7) is 4.61. The van der Waals surface area contributed by atoms with Crippen LogP contribution < -0.4 is 0 Å². The van der Waals surface area contributed by atoms with Gasteiger partial charge < -0.3 is 10.2 Å². The quantitative estimate of drug-likeness (QED) is 0.477. The molecule has 44 heavy (non-hydrogen) atoms. The van der Waals surface area contributed by atoms with Gasteiger partial charge in [0.25, 0.3) is 0 Å². The van der Waals surface area contributed by atoms with Gasteiger partial charge >= 0.3 is 0 Å². The van der Waals surface area contributed by atoms with Crippen molar-refractivity contribution in [2.24, 2.45) is 34.0 Å². The highest BCUT2D eigenvalue weighted by molar-refractivity contribution is 6.01. The largest absolute Gasteiger partial charge is 0.390 e. The summed E-state index contributed by atoms with van der Waals surface area (Å²) in [6, 6.07) is 18.8. The Hall–Kier alpha value is -3.00. The second-order valence-electron chi connectivity index (χ2n) is 14.5. The number of likely N-dealkylation sites (tertiary alicyclic amines) is 1. The van der Waals surface area contributed by atoms with Crippen LogP contribution in [0.3, 0.4) is 0 Å². The standard InChI is InChI=1S/C37H41F2NO4/c1-34-13-12-27(42)16-30(34)31(38)17-29-28-15-26-20-40(19-25-10-8-24(9-11-25)14-23-6-4-3-5-7-23)22-36(26,33(44)21-41)35(28,2)18-32(43)37(29,34)39/h3-13,16,26,28-29,31-32,41,43H,14-15,17-22H2,1-2H3/t26-,28-,29-,31-,32-,34-,35-,36+,37-/m0/s1. The first kappa shape index (κ1) is 29.7. The zero-order chi connectivity index (χ0) is 31.1. The van der Waals surface area contributed by atoms with Crippen molar-refractivity contribution in [1.29, 1.82) is 0 Å². The highest BCUT2D eigenvalue weighted by Crippen LogP contribution is 2.74. The molecule has 0 aromatic heterocycles. The fraction of sp³-hybridized carbons (Fsp3) is 0.514. The number of benzene rings is 2. The summed E-state index contributed by atoms with van der Waals surface area (Å²) in [5, 5.41) is 22.0. The molecule has 5 nitrogen and oxygen atoms in total. The van der Waals surface area contributed by atoms with Crippen molar-refractivity contribution in [2.45, 2.75) is 64.0 Å². The number of ketones is 2. The summed E-state index contributed by atoms with van der Waals surface area (Å²) >= 11 is 0. The lowest BCUT2D eigenvalue weighted by Crippen LogP contribution is -2.69. The number of carbonyl (C=O) groups excluding carboxylic acids is 2. The van der Waals surface area contributed by atoms with Crippen molar-refractivity contribution in [1.82, 2.24) is 4.90 Å². The van der Waals surface area contributed by atoms with Crippen molar-refractivity contribution in [2.75, 3.05) is 19.7 Å². The summed E-state index contributed by atoms with van der Waals surface area (Å²) in [5.74, 6) is -1.96. The molecule has 9 atom stereocenters. The van der Waals surface area contributed by atoms with Gasteiger partial charge in [0.1, 0.15) is 12.8 Å². The molecule has 1 saturated heterocycles. The van der Waals surface area contributed by atoms with Gasteiger partial charge in [-0.1, -0.05) is 67.6 Å². The van der Waals surface area contributed by atoms with Crippen molar-refractivity contribution in [3.63, 3.8) is 0 Å². The number of aliphatic hydroxyl groups excluding tert-OH is 2. The van der Waals surface area contributed by atoms with Crippen molar-refractivity contribution in [3.05, 3.63) is 95.1 Å². The van der Waals surface area contributed by atoms with Crippen LogP contribution in [0.15, 0.2) is 78.4 Å². The van der Waals surface area contributed by atoms with E-state index in [2.05, 4.69) is 41.3 Å². The van der Waals surface area contributed by atoms with Gasteiger partial charge in [-0.2, -0.15) is 0 Å². The normalized spacial score (nSPS) is 41.0. The second-order valence-corrected chi connectivity index (χ2v) is 14.5. The summed E-state index contributed by atoms with van der Waals surface area (Å²) in [6.07, 6.45) is 2.26. The number of carbonyl (C=O) groups is 2. The van der Waals surface area contributed by atoms with Crippen LogP contribution >= 0.6 is 0 Å². The van der Waals surface area contributed by atoms with E-state index < -0.39 is 46.7 Å². The molecule has 2 N–H and O–H groups in total. The number of rotatable bonds is 6. The van der Waals surface area contributed by atoms with Crippen LogP contribution in [0.4, 0.5) is 8.78 Å². The maximum absolute atomic E-state index is 17.6. The third kappa shape index (κ3) is 3.98. The van der Waals surface area contributed by atoms with Crippen LogP contribution in [-0.2, 0) is 22.6 Å². The number of halogens is 2. The van der Waals surface area contributed by atoms with Gasteiger partial charge in [-0.25, -0.2) is 8.78 Å². The Morgan fingerprint density at radius 2 is 1.68 bits per heavy atom. The van der Waals surface area contributed by atoms with Crippen LogP contribution in [0.1, 0.15) is 49.8 Å². The SMILES string of the molecule is C[C@]12C=CC(=O)C=C1[C@@H](F)C[C@H]1[C@@H]3C[C@H]4CN(Cc5ccc(Cc6ccccc6)cc5)C[C@@]4(C(=O)CO)[C@@]3(C)C[C@H](O)[C@@]12F. The number of alkyl halides is 2. The molecule has 2 aromatic carbocycles. The number of hydrogen-bond donors (Lipinski definition) is 2. The average Bonchev–Trinajstić information content (AvgIpc) is 3.48. The zero-order valence-electron chi connectivity index (χ0n) is 25.4. The van der Waals surface area contributed by atoms with Crippen molar-refractivity contribution < 1.29 is 28.6 Å². The number of nitrogens with zero attached hydrogens (tertiary/aromatic N) is 1. The molecular formula is C37H41F2NO4. The van der Waals surface area contributed by atoms with Crippen LogP contribution in [0, 0.1) is 34.0 Å². The summed E-state index contributed by atoms with van der Waals surface area (Å²) in [5.41, 5.74) is -1.72. The molecule has 0 amide bonds. The number of fused-ring (bicyclic) bond motifs is 7. The van der Waals surface area contributed by atoms with E-state index in [4.69, 9.17) is 0 Å². The average molecular weight is 602 g/mol. The molecule has 0 unspecified atom stereocenters. The molecule has 7 rings (SSSR count). The number of Topliss-reactive ketones (excluding diaryl/α,β-unsaturated/α-hetero) is 1. The van der Waals surface area contributed by atoms with Gasteiger partial charge in [-0.15, -0.1) is 0 Å². The second kappa shape index (κ2) is 10.3. The Kier molecular flexibility index (Phi) is 6.93. The van der Waals surface area contributed by atoms with Crippen LogP contribution in [0.2, 0.25) is 0 Å². The summed E-state index contributed by atoms with van der Waals surface area (Å²) in [4.78, 5) is 28.2. The predicted molar refractivity (Wildman–Crippen MR) is 163 cm³/mol. The smallest absolute Gasteiger partial charge is 0.178 e. The monoisotopic (exact) mass is 601 g/mol. The van der Waals surface area contributed by atoms with E-state index in [1.807, 2.05) is 25.1 Å². The van der Waals surface area contributed by atoms with Crippen molar-refractivity contribution in [3.8, 4) is 0 Å². The van der Waals surface area contributed by atoms with Gasteiger partial charge in [0.05, 0.1) is 11.5 Å². The minimum Gasteiger partial charge on any atom is -0.390 e. The van der Waals surface area contributed by atoms with Crippen LogP contribution in [0.5, 0.6) is 0 Å². The molecule has 4 fully saturated rings. The third-order valence-corrected chi connectivity index (χ3v) is 12.5. The van der Waals surface area contributed by atoms with E-state index in [0.717, 1.165) is 12.0 Å². The van der Waals surface area contributed by atoms with Gasteiger partial charge in [0, 0.05) is 31.0 Å². The van der Waals surface area contributed by atoms with E-state index in [1.54, 1.807) is 6.92 Å². The maximum atomic E-state index is 17.6. The van der Waals surface area contributed by atoms with Gasteiger partial charge in [-0.3, -0.25) is 14.5 Å². The van der Waals surface area contributed by atoms with Gasteiger partial charge in [0.15, 0.2) is 17.2 Å². The number of hydrogen-bond acceptors (Lipinski definition) is 5. The summed E-state index contributed by atoms with van der Waals surface area (Å²) < 4.78 is 33.4. The first-order valence-corrected chi connectivity index (χ1v) is 15.9. The zero-order valence-corrected chi connectivity index (χ0v) is 25.4. The van der Waals surface area contributed by atoms with Gasteiger partial charge in [-0.05, 0) is 84.3 Å². The molecule has 1 aliphatic heterocycles.